The Balaban J connectivity index is 1.55. The number of amides is 2. The van der Waals surface area contributed by atoms with E-state index in [-0.39, 0.29) is 17.7 Å². The number of halogens is 1. The maximum Gasteiger partial charge on any atom is 0.415 e. The standard InChI is InChI=1S/C22H21BrN2O4S/c1-11-4-6-15(16(8-11)13(3)26)21(27)24-12(2)20-18-10-30-19-9-14(23)5-7-17(19)25(18)22(28)29-20/h4-9,12,18,20H,10H2,1-3H3,(H,24,27)/t12-,18-,20-/m0/s1. The second-order valence-corrected chi connectivity index (χ2v) is 9.55. The van der Waals surface area contributed by atoms with E-state index in [9.17, 15) is 14.4 Å². The first-order valence-corrected chi connectivity index (χ1v) is 11.4. The van der Waals surface area contributed by atoms with Crippen LogP contribution in [0.4, 0.5) is 10.5 Å². The molecule has 2 aliphatic heterocycles. The van der Waals surface area contributed by atoms with E-state index in [1.165, 1.54) is 6.92 Å². The van der Waals surface area contributed by atoms with Crippen LogP contribution in [0.15, 0.2) is 45.8 Å². The van der Waals surface area contributed by atoms with E-state index >= 15 is 0 Å². The van der Waals surface area contributed by atoms with Gasteiger partial charge in [0.25, 0.3) is 5.91 Å². The fraction of sp³-hybridized carbons (Fsp3) is 0.318. The minimum absolute atomic E-state index is 0.165. The highest BCUT2D eigenvalue weighted by molar-refractivity contribution is 9.10. The lowest BCUT2D eigenvalue weighted by molar-refractivity contribution is 0.0827. The normalized spacial score (nSPS) is 20.8. The minimum atomic E-state index is -0.489. The molecule has 1 N–H and O–H groups in total. The molecule has 2 amide bonds. The molecule has 2 aromatic rings. The molecule has 30 heavy (non-hydrogen) atoms. The predicted molar refractivity (Wildman–Crippen MR) is 120 cm³/mol. The molecule has 0 bridgehead atoms. The second-order valence-electron chi connectivity index (χ2n) is 7.58. The van der Waals surface area contributed by atoms with E-state index in [1.807, 2.05) is 32.0 Å². The third-order valence-electron chi connectivity index (χ3n) is 5.39. The van der Waals surface area contributed by atoms with E-state index in [2.05, 4.69) is 21.2 Å². The number of benzene rings is 2. The summed E-state index contributed by atoms with van der Waals surface area (Å²) in [5, 5.41) is 2.93. The second kappa shape index (κ2) is 8.07. The maximum absolute atomic E-state index is 12.9. The molecule has 2 aromatic carbocycles. The van der Waals surface area contributed by atoms with Gasteiger partial charge in [-0.3, -0.25) is 14.5 Å². The largest absolute Gasteiger partial charge is 0.441 e. The highest BCUT2D eigenvalue weighted by Crippen LogP contribution is 2.43. The monoisotopic (exact) mass is 488 g/mol. The number of hydrogen-bond donors (Lipinski definition) is 1. The van der Waals surface area contributed by atoms with Gasteiger partial charge in [-0.1, -0.05) is 27.6 Å². The van der Waals surface area contributed by atoms with Gasteiger partial charge >= 0.3 is 6.09 Å². The van der Waals surface area contributed by atoms with Gasteiger partial charge in [-0.25, -0.2) is 4.79 Å². The van der Waals surface area contributed by atoms with Crippen molar-refractivity contribution in [3.05, 3.63) is 57.6 Å². The zero-order valence-corrected chi connectivity index (χ0v) is 19.2. The maximum atomic E-state index is 12.9. The summed E-state index contributed by atoms with van der Waals surface area (Å²) in [6, 6.07) is 10.4. The van der Waals surface area contributed by atoms with Gasteiger partial charge < -0.3 is 10.1 Å². The number of fused-ring (bicyclic) bond motifs is 3. The van der Waals surface area contributed by atoms with Crippen LogP contribution < -0.4 is 10.2 Å². The minimum Gasteiger partial charge on any atom is -0.441 e. The Morgan fingerprint density at radius 2 is 2.00 bits per heavy atom. The number of rotatable bonds is 4. The number of aryl methyl sites for hydroxylation is 1. The van der Waals surface area contributed by atoms with Crippen molar-refractivity contribution in [2.45, 2.75) is 43.9 Å². The van der Waals surface area contributed by atoms with Crippen molar-refractivity contribution in [3.8, 4) is 0 Å². The van der Waals surface area contributed by atoms with Crippen LogP contribution in [0.2, 0.25) is 0 Å². The molecular formula is C22H21BrN2O4S. The van der Waals surface area contributed by atoms with Crippen LogP contribution in [0, 0.1) is 6.92 Å². The quantitative estimate of drug-likeness (QED) is 0.637. The molecule has 8 heteroatoms. The summed E-state index contributed by atoms with van der Waals surface area (Å²) >= 11 is 5.13. The molecule has 4 rings (SSSR count). The first-order valence-electron chi connectivity index (χ1n) is 9.61. The number of ketones is 1. The Kier molecular flexibility index (Phi) is 5.63. The molecule has 3 atom stereocenters. The molecule has 0 radical (unpaired) electrons. The van der Waals surface area contributed by atoms with Gasteiger partial charge in [0.15, 0.2) is 5.78 Å². The van der Waals surface area contributed by atoms with Gasteiger partial charge in [-0.2, -0.15) is 0 Å². The van der Waals surface area contributed by atoms with Crippen LogP contribution in [0.1, 0.15) is 40.1 Å². The number of thioether (sulfide) groups is 1. The number of Topliss-reactive ketones (excluding diaryl/α,β-unsaturated/α-hetero) is 1. The summed E-state index contributed by atoms with van der Waals surface area (Å²) in [6.07, 6.45) is -0.897. The van der Waals surface area contributed by atoms with Crippen molar-refractivity contribution < 1.29 is 19.1 Å². The lowest BCUT2D eigenvalue weighted by Gasteiger charge is -2.32. The van der Waals surface area contributed by atoms with Gasteiger partial charge in [0.2, 0.25) is 0 Å². The molecule has 0 aliphatic carbocycles. The van der Waals surface area contributed by atoms with Crippen molar-refractivity contribution in [2.75, 3.05) is 10.7 Å². The highest BCUT2D eigenvalue weighted by Gasteiger charge is 2.48. The van der Waals surface area contributed by atoms with Gasteiger partial charge in [0.05, 0.1) is 23.3 Å². The summed E-state index contributed by atoms with van der Waals surface area (Å²) in [6.45, 7) is 5.14. The lowest BCUT2D eigenvalue weighted by Crippen LogP contribution is -2.50. The zero-order chi connectivity index (χ0) is 21.6. The molecule has 1 fully saturated rings. The average molecular weight is 489 g/mol. The van der Waals surface area contributed by atoms with Crippen molar-refractivity contribution in [1.82, 2.24) is 5.32 Å². The fourth-order valence-electron chi connectivity index (χ4n) is 3.91. The van der Waals surface area contributed by atoms with Crippen molar-refractivity contribution in [2.24, 2.45) is 0 Å². The van der Waals surface area contributed by atoms with E-state index in [4.69, 9.17) is 4.74 Å². The van der Waals surface area contributed by atoms with Crippen molar-refractivity contribution >= 4 is 51.2 Å². The van der Waals surface area contributed by atoms with Gasteiger partial charge in [-0.05, 0) is 51.1 Å². The van der Waals surface area contributed by atoms with Crippen LogP contribution in [0.25, 0.3) is 0 Å². The number of carbonyl (C=O) groups is 3. The van der Waals surface area contributed by atoms with Crippen LogP contribution >= 0.6 is 27.7 Å². The smallest absolute Gasteiger partial charge is 0.415 e. The molecule has 0 spiro atoms. The van der Waals surface area contributed by atoms with Crippen LogP contribution in [-0.4, -0.2) is 41.7 Å². The van der Waals surface area contributed by atoms with Crippen LogP contribution in [0.3, 0.4) is 0 Å². The molecule has 0 saturated carbocycles. The number of carbonyl (C=O) groups excluding carboxylic acids is 3. The first-order chi connectivity index (χ1) is 14.3. The number of anilines is 1. The third-order valence-corrected chi connectivity index (χ3v) is 7.03. The van der Waals surface area contributed by atoms with E-state index in [0.717, 1.165) is 20.6 Å². The van der Waals surface area contributed by atoms with Crippen molar-refractivity contribution in [3.63, 3.8) is 0 Å². The molecule has 2 aliphatic rings. The summed E-state index contributed by atoms with van der Waals surface area (Å²) in [5.41, 5.74) is 2.45. The number of cyclic esters (lactones) is 1. The Bertz CT molecular complexity index is 1060. The van der Waals surface area contributed by atoms with Crippen LogP contribution in [0.5, 0.6) is 0 Å². The van der Waals surface area contributed by atoms with Gasteiger partial charge in [0.1, 0.15) is 6.10 Å². The Morgan fingerprint density at radius 3 is 2.73 bits per heavy atom. The third kappa shape index (κ3) is 3.74. The molecule has 156 valence electrons. The van der Waals surface area contributed by atoms with Crippen LogP contribution in [-0.2, 0) is 4.74 Å². The first kappa shape index (κ1) is 20.9. The molecular weight excluding hydrogens is 468 g/mol. The topological polar surface area (TPSA) is 75.7 Å². The van der Waals surface area contributed by atoms with Crippen molar-refractivity contribution in [1.29, 1.82) is 0 Å². The predicted octanol–water partition coefficient (Wildman–Crippen LogP) is 4.58. The number of nitrogens with one attached hydrogen (secondary N) is 1. The molecule has 6 nitrogen and oxygen atoms in total. The SMILES string of the molecule is CC(=O)c1cc(C)ccc1C(=O)N[C@@H](C)[C@@H]1OC(=O)N2c3ccc(Br)cc3SC[C@@H]12. The highest BCUT2D eigenvalue weighted by atomic mass is 79.9. The zero-order valence-electron chi connectivity index (χ0n) is 16.8. The van der Waals surface area contributed by atoms with E-state index < -0.39 is 18.2 Å². The van der Waals surface area contributed by atoms with Gasteiger partial charge in [-0.15, -0.1) is 11.8 Å². The Morgan fingerprint density at radius 1 is 1.23 bits per heavy atom. The van der Waals surface area contributed by atoms with Gasteiger partial charge in [0, 0.05) is 20.7 Å². The molecule has 0 unspecified atom stereocenters. The Hall–Kier alpha value is -2.32. The summed E-state index contributed by atoms with van der Waals surface area (Å²) in [4.78, 5) is 40.2. The number of hydrogen-bond acceptors (Lipinski definition) is 5. The lowest BCUT2D eigenvalue weighted by atomic mass is 9.99. The fourth-order valence-corrected chi connectivity index (χ4v) is 5.63. The molecule has 1 saturated heterocycles. The summed E-state index contributed by atoms with van der Waals surface area (Å²) in [7, 11) is 0. The van der Waals surface area contributed by atoms with E-state index in [1.54, 1.807) is 34.9 Å². The summed E-state index contributed by atoms with van der Waals surface area (Å²) in [5.74, 6) is 0.153. The summed E-state index contributed by atoms with van der Waals surface area (Å²) < 4.78 is 6.63. The average Bonchev–Trinajstić information content (AvgIpc) is 3.04. The Labute approximate surface area is 187 Å². The molecule has 0 aromatic heterocycles. The van der Waals surface area contributed by atoms with E-state index in [0.29, 0.717) is 16.9 Å². The number of nitrogens with zero attached hydrogens (tertiary/aromatic N) is 1. The molecule has 2 heterocycles. The number of ether oxygens (including phenoxy) is 1.